The van der Waals surface area contributed by atoms with Crippen molar-refractivity contribution in [3.8, 4) is 0 Å². The van der Waals surface area contributed by atoms with E-state index in [1.807, 2.05) is 0 Å². The van der Waals surface area contributed by atoms with Crippen LogP contribution < -0.4 is 10.6 Å². The Hall–Kier alpha value is -0.120. The zero-order valence-electron chi connectivity index (χ0n) is 3.53. The summed E-state index contributed by atoms with van der Waals surface area (Å²) in [6.45, 7) is 1.62. The summed E-state index contributed by atoms with van der Waals surface area (Å²) in [5, 5.41) is 10.3. The van der Waals surface area contributed by atoms with E-state index in [0.29, 0.717) is 0 Å². The lowest BCUT2D eigenvalue weighted by molar-refractivity contribution is -0.881. The molecule has 0 aromatic heterocycles. The van der Waals surface area contributed by atoms with E-state index in [1.54, 1.807) is 0 Å². The van der Waals surface area contributed by atoms with Gasteiger partial charge in [-0.25, -0.2) is 0 Å². The van der Waals surface area contributed by atoms with Crippen molar-refractivity contribution in [2.24, 2.45) is 0 Å². The molecule has 1 unspecified atom stereocenters. The standard InChI is InChI=1S/C3H8N2O/c6-5-3-1-2-4-5/h4-5H,1-3H2. The highest BCUT2D eigenvalue weighted by atomic mass is 16.5. The molecular formula is C3H8N2O. The molecule has 1 saturated heterocycles. The molecule has 0 aromatic rings. The fraction of sp³-hybridized carbons (Fsp3) is 1.00. The largest absolute Gasteiger partial charge is 0.613 e. The molecule has 6 heavy (non-hydrogen) atoms. The normalized spacial score (nSPS) is 34.5. The Kier molecular flexibility index (Phi) is 1.05. The second-order valence-corrected chi connectivity index (χ2v) is 1.45. The van der Waals surface area contributed by atoms with Crippen LogP contribution in [-0.2, 0) is 0 Å². The Morgan fingerprint density at radius 3 is 2.67 bits per heavy atom. The molecule has 0 spiro atoms. The molecule has 2 N–H and O–H groups in total. The predicted octanol–water partition coefficient (Wildman–Crippen LogP) is -1.72. The van der Waals surface area contributed by atoms with E-state index >= 15 is 0 Å². The van der Waals surface area contributed by atoms with Crippen LogP contribution in [0, 0.1) is 5.21 Å². The summed E-state index contributed by atoms with van der Waals surface area (Å²) in [6, 6.07) is 0. The SMILES string of the molecule is [O-][NH+]1CCCN1. The molecule has 1 rings (SSSR count). The lowest BCUT2D eigenvalue weighted by Gasteiger charge is -2.11. The monoisotopic (exact) mass is 88.1 g/mol. The van der Waals surface area contributed by atoms with Crippen LogP contribution in [0.5, 0.6) is 0 Å². The quantitative estimate of drug-likeness (QED) is 0.346. The Balaban J connectivity index is 2.18. The number of rotatable bonds is 0. The van der Waals surface area contributed by atoms with Gasteiger partial charge in [0.25, 0.3) is 0 Å². The van der Waals surface area contributed by atoms with Crippen molar-refractivity contribution < 1.29 is 5.17 Å². The molecule has 3 heteroatoms. The summed E-state index contributed by atoms with van der Waals surface area (Å²) in [5.41, 5.74) is 2.68. The summed E-state index contributed by atoms with van der Waals surface area (Å²) >= 11 is 0. The van der Waals surface area contributed by atoms with E-state index in [2.05, 4.69) is 5.43 Å². The van der Waals surface area contributed by atoms with Gasteiger partial charge in [-0.1, -0.05) is 0 Å². The van der Waals surface area contributed by atoms with Crippen LogP contribution in [0.2, 0.25) is 0 Å². The zero-order chi connectivity index (χ0) is 4.41. The molecule has 0 radical (unpaired) electrons. The first-order valence-corrected chi connectivity index (χ1v) is 2.16. The van der Waals surface area contributed by atoms with Crippen molar-refractivity contribution in [1.82, 2.24) is 5.43 Å². The molecule has 1 aliphatic rings. The van der Waals surface area contributed by atoms with Crippen LogP contribution in [0.1, 0.15) is 6.42 Å². The van der Waals surface area contributed by atoms with Crippen molar-refractivity contribution in [2.45, 2.75) is 6.42 Å². The molecule has 1 heterocycles. The maximum atomic E-state index is 10.1. The van der Waals surface area contributed by atoms with Crippen molar-refractivity contribution in [3.05, 3.63) is 5.21 Å². The average molecular weight is 88.1 g/mol. The van der Waals surface area contributed by atoms with Crippen LogP contribution in [0.15, 0.2) is 0 Å². The Morgan fingerprint density at radius 2 is 2.50 bits per heavy atom. The molecule has 0 amide bonds. The van der Waals surface area contributed by atoms with Crippen LogP contribution in [0.25, 0.3) is 0 Å². The number of quaternary nitrogens is 1. The molecule has 3 nitrogen and oxygen atoms in total. The van der Waals surface area contributed by atoms with Crippen molar-refractivity contribution in [1.29, 1.82) is 0 Å². The first-order chi connectivity index (χ1) is 2.89. The second kappa shape index (κ2) is 1.55. The van der Waals surface area contributed by atoms with Gasteiger partial charge in [0.2, 0.25) is 0 Å². The van der Waals surface area contributed by atoms with Gasteiger partial charge in [0, 0.05) is 6.42 Å². The number of hydrogen-bond donors (Lipinski definition) is 2. The fourth-order valence-corrected chi connectivity index (χ4v) is 0.565. The van der Waals surface area contributed by atoms with E-state index in [1.165, 1.54) is 0 Å². The lowest BCUT2D eigenvalue weighted by Crippen LogP contribution is -3.11. The van der Waals surface area contributed by atoms with Crippen LogP contribution >= 0.6 is 0 Å². The third kappa shape index (κ3) is 0.680. The van der Waals surface area contributed by atoms with E-state index < -0.39 is 0 Å². The van der Waals surface area contributed by atoms with Gasteiger partial charge in [0.05, 0.1) is 13.1 Å². The van der Waals surface area contributed by atoms with Crippen LogP contribution in [0.3, 0.4) is 0 Å². The van der Waals surface area contributed by atoms with Gasteiger partial charge in [-0.05, 0) is 0 Å². The van der Waals surface area contributed by atoms with E-state index in [-0.39, 0.29) is 5.17 Å². The Bertz CT molecular complexity index is 42.1. The van der Waals surface area contributed by atoms with Gasteiger partial charge in [0.15, 0.2) is 0 Å². The number of hydroxylamine groups is 1. The van der Waals surface area contributed by atoms with Gasteiger partial charge in [-0.3, -0.25) is 5.17 Å². The van der Waals surface area contributed by atoms with Gasteiger partial charge in [-0.15, -0.1) is 0 Å². The first-order valence-electron chi connectivity index (χ1n) is 2.16. The molecule has 0 bridgehead atoms. The second-order valence-electron chi connectivity index (χ2n) is 1.45. The maximum Gasteiger partial charge on any atom is 0.0958 e. The highest BCUT2D eigenvalue weighted by Gasteiger charge is 2.02. The molecule has 0 aliphatic carbocycles. The first kappa shape index (κ1) is 4.05. The molecule has 1 aliphatic heterocycles. The fourth-order valence-electron chi connectivity index (χ4n) is 0.565. The molecule has 0 saturated carbocycles. The average Bonchev–Trinajstić information content (AvgIpc) is 1.86. The summed E-state index contributed by atoms with van der Waals surface area (Å²) in [4.78, 5) is 0. The topological polar surface area (TPSA) is 39.5 Å². The smallest absolute Gasteiger partial charge is 0.0958 e. The van der Waals surface area contributed by atoms with Crippen LogP contribution in [0.4, 0.5) is 0 Å². The summed E-state index contributed by atoms with van der Waals surface area (Å²) in [7, 11) is 0. The summed E-state index contributed by atoms with van der Waals surface area (Å²) < 4.78 is 0. The number of nitrogens with one attached hydrogen (secondary N) is 2. The van der Waals surface area contributed by atoms with Gasteiger partial charge < -0.3 is 5.21 Å². The Morgan fingerprint density at radius 1 is 1.67 bits per heavy atom. The van der Waals surface area contributed by atoms with E-state index in [0.717, 1.165) is 19.5 Å². The minimum Gasteiger partial charge on any atom is -0.613 e. The highest BCUT2D eigenvalue weighted by Crippen LogP contribution is 1.69. The van der Waals surface area contributed by atoms with Gasteiger partial charge in [-0.2, -0.15) is 5.43 Å². The molecule has 1 fully saturated rings. The lowest BCUT2D eigenvalue weighted by atomic mass is 10.5. The Labute approximate surface area is 36.5 Å². The van der Waals surface area contributed by atoms with Crippen molar-refractivity contribution >= 4 is 0 Å². The molecule has 36 valence electrons. The zero-order valence-corrected chi connectivity index (χ0v) is 3.53. The van der Waals surface area contributed by atoms with Crippen molar-refractivity contribution in [2.75, 3.05) is 13.1 Å². The molecular weight excluding hydrogens is 80.0 g/mol. The third-order valence-electron chi connectivity index (χ3n) is 0.903. The maximum absolute atomic E-state index is 10.1. The predicted molar refractivity (Wildman–Crippen MR) is 21.8 cm³/mol. The molecule has 0 aromatic carbocycles. The minimum absolute atomic E-state index is 0.204. The third-order valence-corrected chi connectivity index (χ3v) is 0.903. The van der Waals surface area contributed by atoms with Gasteiger partial charge in [0.1, 0.15) is 0 Å². The summed E-state index contributed by atoms with van der Waals surface area (Å²) in [6.07, 6.45) is 1.03. The molecule has 1 atom stereocenters. The summed E-state index contributed by atoms with van der Waals surface area (Å²) in [5.74, 6) is 0. The number of hydrogen-bond acceptors (Lipinski definition) is 2. The van der Waals surface area contributed by atoms with E-state index in [9.17, 15) is 5.21 Å². The van der Waals surface area contributed by atoms with Gasteiger partial charge >= 0.3 is 0 Å². The van der Waals surface area contributed by atoms with Crippen LogP contribution in [-0.4, -0.2) is 13.1 Å². The van der Waals surface area contributed by atoms with E-state index in [4.69, 9.17) is 0 Å². The van der Waals surface area contributed by atoms with Crippen molar-refractivity contribution in [3.63, 3.8) is 0 Å². The minimum atomic E-state index is 0.204. The highest BCUT2D eigenvalue weighted by molar-refractivity contribution is 4.40.